The van der Waals surface area contributed by atoms with Gasteiger partial charge in [0.2, 0.25) is 0 Å². The predicted molar refractivity (Wildman–Crippen MR) is 83.3 cm³/mol. The Hall–Kier alpha value is -1.10. The van der Waals surface area contributed by atoms with Crippen LogP contribution in [0.25, 0.3) is 0 Å². The Morgan fingerprint density at radius 2 is 2.05 bits per heavy atom. The summed E-state index contributed by atoms with van der Waals surface area (Å²) in [6.45, 7) is 3.37. The molecule has 0 aliphatic rings. The van der Waals surface area contributed by atoms with Crippen molar-refractivity contribution in [1.82, 2.24) is 10.2 Å². The SMILES string of the molecule is CNC(CO)CCN(C)C(C)Cc1ccccc1OC. The first-order chi connectivity index (χ1) is 9.62. The smallest absolute Gasteiger partial charge is 0.122 e. The van der Waals surface area contributed by atoms with E-state index in [2.05, 4.69) is 30.3 Å². The summed E-state index contributed by atoms with van der Waals surface area (Å²) in [5.41, 5.74) is 1.24. The van der Waals surface area contributed by atoms with Crippen molar-refractivity contribution in [3.05, 3.63) is 29.8 Å². The van der Waals surface area contributed by atoms with Crippen molar-refractivity contribution >= 4 is 0 Å². The first-order valence-electron chi connectivity index (χ1n) is 7.22. The van der Waals surface area contributed by atoms with Crippen molar-refractivity contribution in [3.8, 4) is 5.75 Å². The van der Waals surface area contributed by atoms with Crippen molar-refractivity contribution in [1.29, 1.82) is 0 Å². The number of nitrogens with one attached hydrogen (secondary N) is 1. The minimum atomic E-state index is 0.177. The molecule has 2 N–H and O–H groups in total. The Kier molecular flexibility index (Phi) is 7.59. The Morgan fingerprint density at radius 1 is 1.35 bits per heavy atom. The van der Waals surface area contributed by atoms with Gasteiger partial charge in [-0.05, 0) is 52.0 Å². The molecule has 1 rings (SSSR count). The number of ether oxygens (including phenoxy) is 1. The number of hydrogen-bond acceptors (Lipinski definition) is 4. The molecule has 4 heteroatoms. The van der Waals surface area contributed by atoms with Crippen molar-refractivity contribution in [2.24, 2.45) is 0 Å². The summed E-state index contributed by atoms with van der Waals surface area (Å²) in [4.78, 5) is 2.33. The Bertz CT molecular complexity index is 380. The van der Waals surface area contributed by atoms with Crippen LogP contribution in [0.2, 0.25) is 0 Å². The number of para-hydroxylation sites is 1. The standard InChI is InChI=1S/C16H28N2O2/c1-13(18(3)10-9-15(12-19)17-2)11-14-7-5-6-8-16(14)20-4/h5-8,13,15,17,19H,9-12H2,1-4H3. The Labute approximate surface area is 122 Å². The molecule has 0 spiro atoms. The largest absolute Gasteiger partial charge is 0.496 e. The molecular weight excluding hydrogens is 252 g/mol. The summed E-state index contributed by atoms with van der Waals surface area (Å²) >= 11 is 0. The van der Waals surface area contributed by atoms with Crippen LogP contribution in [-0.2, 0) is 6.42 Å². The summed E-state index contributed by atoms with van der Waals surface area (Å²) in [5.74, 6) is 0.955. The van der Waals surface area contributed by atoms with Crippen LogP contribution in [-0.4, -0.2) is 56.4 Å². The third-order valence-corrected chi connectivity index (χ3v) is 3.92. The Balaban J connectivity index is 2.50. The average Bonchev–Trinajstić information content (AvgIpc) is 2.48. The van der Waals surface area contributed by atoms with Gasteiger partial charge < -0.3 is 20.1 Å². The monoisotopic (exact) mass is 280 g/mol. The first kappa shape index (κ1) is 17.0. The van der Waals surface area contributed by atoms with E-state index in [1.165, 1.54) is 5.56 Å². The fraction of sp³-hybridized carbons (Fsp3) is 0.625. The van der Waals surface area contributed by atoms with Crippen LogP contribution in [0.1, 0.15) is 18.9 Å². The molecule has 2 atom stereocenters. The second-order valence-electron chi connectivity index (χ2n) is 5.30. The van der Waals surface area contributed by atoms with Crippen LogP contribution in [0, 0.1) is 0 Å². The minimum Gasteiger partial charge on any atom is -0.496 e. The number of nitrogens with zero attached hydrogens (tertiary/aromatic N) is 1. The molecule has 0 saturated heterocycles. The highest BCUT2D eigenvalue weighted by Crippen LogP contribution is 2.20. The van der Waals surface area contributed by atoms with Gasteiger partial charge in [-0.2, -0.15) is 0 Å². The summed E-state index contributed by atoms with van der Waals surface area (Å²) in [6.07, 6.45) is 1.91. The van der Waals surface area contributed by atoms with E-state index in [0.717, 1.165) is 25.1 Å². The van der Waals surface area contributed by atoms with Gasteiger partial charge in [0.05, 0.1) is 13.7 Å². The molecule has 0 saturated carbocycles. The number of aliphatic hydroxyl groups excluding tert-OH is 1. The Morgan fingerprint density at radius 3 is 2.65 bits per heavy atom. The lowest BCUT2D eigenvalue weighted by Crippen LogP contribution is -2.37. The van der Waals surface area contributed by atoms with Gasteiger partial charge in [-0.3, -0.25) is 0 Å². The highest BCUT2D eigenvalue weighted by atomic mass is 16.5. The molecule has 2 unspecified atom stereocenters. The minimum absolute atomic E-state index is 0.177. The maximum absolute atomic E-state index is 9.18. The molecule has 4 nitrogen and oxygen atoms in total. The quantitative estimate of drug-likeness (QED) is 0.720. The highest BCUT2D eigenvalue weighted by molar-refractivity contribution is 5.33. The molecule has 1 aromatic carbocycles. The molecule has 0 fully saturated rings. The molecule has 0 aliphatic carbocycles. The third kappa shape index (κ3) is 5.12. The topological polar surface area (TPSA) is 44.7 Å². The van der Waals surface area contributed by atoms with Gasteiger partial charge in [-0.15, -0.1) is 0 Å². The normalized spacial score (nSPS) is 14.3. The van der Waals surface area contributed by atoms with E-state index in [9.17, 15) is 5.11 Å². The molecule has 20 heavy (non-hydrogen) atoms. The number of rotatable bonds is 9. The molecule has 0 amide bonds. The van der Waals surface area contributed by atoms with Crippen LogP contribution >= 0.6 is 0 Å². The lowest BCUT2D eigenvalue weighted by molar-refractivity contribution is 0.203. The number of benzene rings is 1. The molecule has 0 heterocycles. The lowest BCUT2D eigenvalue weighted by Gasteiger charge is -2.27. The zero-order valence-corrected chi connectivity index (χ0v) is 13.1. The number of hydrogen-bond donors (Lipinski definition) is 2. The van der Waals surface area contributed by atoms with Gasteiger partial charge in [0, 0.05) is 12.1 Å². The molecule has 1 aromatic rings. The van der Waals surface area contributed by atoms with Gasteiger partial charge in [-0.25, -0.2) is 0 Å². The first-order valence-corrected chi connectivity index (χ1v) is 7.22. The van der Waals surface area contributed by atoms with E-state index in [1.807, 2.05) is 25.2 Å². The summed E-state index contributed by atoms with van der Waals surface area (Å²) in [6, 6.07) is 8.78. The second kappa shape index (κ2) is 8.95. The zero-order chi connectivity index (χ0) is 15.0. The van der Waals surface area contributed by atoms with Crippen LogP contribution in [0.5, 0.6) is 5.75 Å². The van der Waals surface area contributed by atoms with E-state index in [0.29, 0.717) is 6.04 Å². The fourth-order valence-corrected chi connectivity index (χ4v) is 2.25. The van der Waals surface area contributed by atoms with Crippen molar-refractivity contribution in [2.45, 2.75) is 31.8 Å². The maximum atomic E-state index is 9.18. The molecule has 0 bridgehead atoms. The van der Waals surface area contributed by atoms with Crippen LogP contribution in [0.15, 0.2) is 24.3 Å². The van der Waals surface area contributed by atoms with Gasteiger partial charge >= 0.3 is 0 Å². The fourth-order valence-electron chi connectivity index (χ4n) is 2.25. The van der Waals surface area contributed by atoms with Crippen LogP contribution < -0.4 is 10.1 Å². The lowest BCUT2D eigenvalue weighted by atomic mass is 10.0. The molecular formula is C16H28N2O2. The van der Waals surface area contributed by atoms with E-state index >= 15 is 0 Å². The van der Waals surface area contributed by atoms with Crippen LogP contribution in [0.3, 0.4) is 0 Å². The van der Waals surface area contributed by atoms with E-state index in [4.69, 9.17) is 4.74 Å². The predicted octanol–water partition coefficient (Wildman–Crippen LogP) is 1.53. The van der Waals surface area contributed by atoms with E-state index in [-0.39, 0.29) is 12.6 Å². The molecule has 114 valence electrons. The number of aliphatic hydroxyl groups is 1. The summed E-state index contributed by atoms with van der Waals surface area (Å²) < 4.78 is 5.40. The number of likely N-dealkylation sites (N-methyl/N-ethyl adjacent to an activating group) is 2. The summed E-state index contributed by atoms with van der Waals surface area (Å²) in [5, 5.41) is 12.3. The molecule has 0 aliphatic heterocycles. The van der Waals surface area contributed by atoms with Gasteiger partial charge in [0.25, 0.3) is 0 Å². The zero-order valence-electron chi connectivity index (χ0n) is 13.1. The molecule has 0 radical (unpaired) electrons. The van der Waals surface area contributed by atoms with E-state index < -0.39 is 0 Å². The molecule has 0 aromatic heterocycles. The number of methoxy groups -OCH3 is 1. The second-order valence-corrected chi connectivity index (χ2v) is 5.30. The summed E-state index contributed by atoms with van der Waals surface area (Å²) in [7, 11) is 5.73. The third-order valence-electron chi connectivity index (χ3n) is 3.92. The van der Waals surface area contributed by atoms with Gasteiger partial charge in [-0.1, -0.05) is 18.2 Å². The van der Waals surface area contributed by atoms with Crippen molar-refractivity contribution in [3.63, 3.8) is 0 Å². The highest BCUT2D eigenvalue weighted by Gasteiger charge is 2.14. The average molecular weight is 280 g/mol. The van der Waals surface area contributed by atoms with Gasteiger partial charge in [0.1, 0.15) is 5.75 Å². The van der Waals surface area contributed by atoms with Gasteiger partial charge in [0.15, 0.2) is 0 Å². The van der Waals surface area contributed by atoms with Crippen LogP contribution in [0.4, 0.5) is 0 Å². The van der Waals surface area contributed by atoms with Crippen molar-refractivity contribution in [2.75, 3.05) is 34.4 Å². The van der Waals surface area contributed by atoms with E-state index in [1.54, 1.807) is 7.11 Å². The maximum Gasteiger partial charge on any atom is 0.122 e. The van der Waals surface area contributed by atoms with Crippen molar-refractivity contribution < 1.29 is 9.84 Å².